The minimum atomic E-state index is -1.20. The van der Waals surface area contributed by atoms with Gasteiger partial charge < -0.3 is 10.0 Å². The third kappa shape index (κ3) is 3.26. The van der Waals surface area contributed by atoms with Crippen LogP contribution in [0, 0.1) is 5.82 Å². The SMILES string of the molecule is O=C(O)c1ccc(C(=O)N2CCCSCC2)c(F)c1. The Morgan fingerprint density at radius 3 is 2.74 bits per heavy atom. The van der Waals surface area contributed by atoms with E-state index in [1.165, 1.54) is 12.1 Å². The van der Waals surface area contributed by atoms with Crippen LogP contribution in [0.2, 0.25) is 0 Å². The summed E-state index contributed by atoms with van der Waals surface area (Å²) in [6.07, 6.45) is 0.894. The first kappa shape index (κ1) is 13.9. The molecule has 1 aromatic rings. The third-order valence-corrected chi connectivity index (χ3v) is 4.00. The van der Waals surface area contributed by atoms with Crippen LogP contribution in [0.1, 0.15) is 27.1 Å². The minimum absolute atomic E-state index is 0.0584. The second-order valence-electron chi connectivity index (χ2n) is 4.26. The number of hydrogen-bond acceptors (Lipinski definition) is 3. The number of rotatable bonds is 2. The molecule has 0 aromatic heterocycles. The highest BCUT2D eigenvalue weighted by Crippen LogP contribution is 2.16. The summed E-state index contributed by atoms with van der Waals surface area (Å²) in [4.78, 5) is 24.5. The number of nitrogens with zero attached hydrogens (tertiary/aromatic N) is 1. The number of hydrogen-bond donors (Lipinski definition) is 1. The predicted molar refractivity (Wildman–Crippen MR) is 71.2 cm³/mol. The second-order valence-corrected chi connectivity index (χ2v) is 5.48. The lowest BCUT2D eigenvalue weighted by atomic mass is 10.1. The second kappa shape index (κ2) is 6.06. The van der Waals surface area contributed by atoms with Gasteiger partial charge in [-0.05, 0) is 30.4 Å². The monoisotopic (exact) mass is 283 g/mol. The fourth-order valence-corrected chi connectivity index (χ4v) is 2.83. The van der Waals surface area contributed by atoms with E-state index in [4.69, 9.17) is 5.11 Å². The molecule has 0 spiro atoms. The maximum atomic E-state index is 13.8. The molecule has 0 bridgehead atoms. The summed E-state index contributed by atoms with van der Waals surface area (Å²) in [6.45, 7) is 1.22. The van der Waals surface area contributed by atoms with E-state index in [9.17, 15) is 14.0 Å². The molecular weight excluding hydrogens is 269 g/mol. The van der Waals surface area contributed by atoms with Gasteiger partial charge in [0.2, 0.25) is 0 Å². The summed E-state index contributed by atoms with van der Waals surface area (Å²) >= 11 is 1.78. The van der Waals surface area contributed by atoms with Gasteiger partial charge in [0.05, 0.1) is 11.1 Å². The number of carboxylic acid groups (broad SMARTS) is 1. The van der Waals surface area contributed by atoms with Gasteiger partial charge in [0, 0.05) is 18.8 Å². The zero-order valence-electron chi connectivity index (χ0n) is 10.3. The molecule has 4 nitrogen and oxygen atoms in total. The molecule has 1 saturated heterocycles. The van der Waals surface area contributed by atoms with Gasteiger partial charge in [0.1, 0.15) is 5.82 Å². The quantitative estimate of drug-likeness (QED) is 0.903. The van der Waals surface area contributed by atoms with Crippen LogP contribution in [0.25, 0.3) is 0 Å². The first-order valence-corrected chi connectivity index (χ1v) is 7.15. The maximum absolute atomic E-state index is 13.8. The van der Waals surface area contributed by atoms with Crippen molar-refractivity contribution in [2.24, 2.45) is 0 Å². The summed E-state index contributed by atoms with van der Waals surface area (Å²) in [7, 11) is 0. The van der Waals surface area contributed by atoms with Gasteiger partial charge >= 0.3 is 5.97 Å². The van der Waals surface area contributed by atoms with Crippen molar-refractivity contribution in [3.63, 3.8) is 0 Å². The zero-order chi connectivity index (χ0) is 13.8. The molecule has 0 saturated carbocycles. The highest BCUT2D eigenvalue weighted by Gasteiger charge is 2.21. The molecule has 1 aliphatic rings. The van der Waals surface area contributed by atoms with Gasteiger partial charge in [-0.25, -0.2) is 9.18 Å². The van der Waals surface area contributed by atoms with Crippen molar-refractivity contribution in [3.8, 4) is 0 Å². The Labute approximate surface area is 114 Å². The lowest BCUT2D eigenvalue weighted by molar-refractivity contribution is 0.0693. The molecular formula is C13H14FNO3S. The molecule has 1 N–H and O–H groups in total. The minimum Gasteiger partial charge on any atom is -0.478 e. The molecule has 0 unspecified atom stereocenters. The maximum Gasteiger partial charge on any atom is 0.335 e. The molecule has 1 fully saturated rings. The Balaban J connectivity index is 2.20. The van der Waals surface area contributed by atoms with Crippen LogP contribution in [0.5, 0.6) is 0 Å². The summed E-state index contributed by atoms with van der Waals surface area (Å²) in [6, 6.07) is 3.40. The summed E-state index contributed by atoms with van der Waals surface area (Å²) in [5.41, 5.74) is -0.211. The Morgan fingerprint density at radius 2 is 2.05 bits per heavy atom. The van der Waals surface area contributed by atoms with Crippen LogP contribution >= 0.6 is 11.8 Å². The molecule has 19 heavy (non-hydrogen) atoms. The van der Waals surface area contributed by atoms with Crippen molar-refractivity contribution in [1.82, 2.24) is 4.90 Å². The topological polar surface area (TPSA) is 57.6 Å². The smallest absolute Gasteiger partial charge is 0.335 e. The van der Waals surface area contributed by atoms with Crippen LogP contribution in [-0.2, 0) is 0 Å². The van der Waals surface area contributed by atoms with Gasteiger partial charge in [0.25, 0.3) is 5.91 Å². The van der Waals surface area contributed by atoms with Gasteiger partial charge in [-0.3, -0.25) is 4.79 Å². The van der Waals surface area contributed by atoms with Gasteiger partial charge in [-0.1, -0.05) is 0 Å². The fraction of sp³-hybridized carbons (Fsp3) is 0.385. The Bertz CT molecular complexity index is 499. The van der Waals surface area contributed by atoms with Crippen molar-refractivity contribution < 1.29 is 19.1 Å². The van der Waals surface area contributed by atoms with Crippen LogP contribution in [0.15, 0.2) is 18.2 Å². The lowest BCUT2D eigenvalue weighted by Crippen LogP contribution is -2.33. The zero-order valence-corrected chi connectivity index (χ0v) is 11.1. The third-order valence-electron chi connectivity index (χ3n) is 2.96. The van der Waals surface area contributed by atoms with E-state index in [0.29, 0.717) is 13.1 Å². The molecule has 1 amide bonds. The predicted octanol–water partition coefficient (Wildman–Crippen LogP) is 2.10. The number of aromatic carboxylic acids is 1. The highest BCUT2D eigenvalue weighted by molar-refractivity contribution is 7.99. The number of halogens is 1. The van der Waals surface area contributed by atoms with E-state index >= 15 is 0 Å². The fourth-order valence-electron chi connectivity index (χ4n) is 1.94. The first-order chi connectivity index (χ1) is 9.09. The number of carbonyl (C=O) groups is 2. The average Bonchev–Trinajstić information content (AvgIpc) is 2.66. The van der Waals surface area contributed by atoms with Crippen LogP contribution in [-0.4, -0.2) is 46.5 Å². The number of carboxylic acids is 1. The van der Waals surface area contributed by atoms with E-state index in [-0.39, 0.29) is 17.0 Å². The van der Waals surface area contributed by atoms with Crippen molar-refractivity contribution in [2.75, 3.05) is 24.6 Å². The first-order valence-electron chi connectivity index (χ1n) is 5.99. The lowest BCUT2D eigenvalue weighted by Gasteiger charge is -2.20. The molecule has 2 rings (SSSR count). The standard InChI is InChI=1S/C13H14FNO3S/c14-11-8-9(13(17)18)2-3-10(11)12(16)15-4-1-6-19-7-5-15/h2-3,8H,1,4-7H2,(H,17,18). The largest absolute Gasteiger partial charge is 0.478 e. The van der Waals surface area contributed by atoms with E-state index in [1.54, 1.807) is 16.7 Å². The molecule has 102 valence electrons. The van der Waals surface area contributed by atoms with Crippen molar-refractivity contribution >= 4 is 23.6 Å². The van der Waals surface area contributed by atoms with Gasteiger partial charge in [0.15, 0.2) is 0 Å². The summed E-state index contributed by atoms with van der Waals surface area (Å²) in [5, 5.41) is 8.76. The number of thioether (sulfide) groups is 1. The Morgan fingerprint density at radius 1 is 1.26 bits per heavy atom. The van der Waals surface area contributed by atoms with Crippen LogP contribution < -0.4 is 0 Å². The Hall–Kier alpha value is -1.56. The molecule has 0 aliphatic carbocycles. The van der Waals surface area contributed by atoms with E-state index in [0.717, 1.165) is 24.0 Å². The molecule has 0 atom stereocenters. The van der Waals surface area contributed by atoms with E-state index in [1.807, 2.05) is 0 Å². The number of amides is 1. The van der Waals surface area contributed by atoms with Crippen molar-refractivity contribution in [1.29, 1.82) is 0 Å². The molecule has 6 heteroatoms. The van der Waals surface area contributed by atoms with Crippen molar-refractivity contribution in [3.05, 3.63) is 35.1 Å². The van der Waals surface area contributed by atoms with Crippen molar-refractivity contribution in [2.45, 2.75) is 6.42 Å². The molecule has 1 heterocycles. The molecule has 1 aliphatic heterocycles. The summed E-state index contributed by atoms with van der Waals surface area (Å²) < 4.78 is 13.8. The highest BCUT2D eigenvalue weighted by atomic mass is 32.2. The summed E-state index contributed by atoms with van der Waals surface area (Å²) in [5.74, 6) is -0.493. The van der Waals surface area contributed by atoms with Gasteiger partial charge in [-0.2, -0.15) is 11.8 Å². The normalized spacial score (nSPS) is 15.9. The molecule has 1 aromatic carbocycles. The van der Waals surface area contributed by atoms with Crippen LogP contribution in [0.4, 0.5) is 4.39 Å². The number of benzene rings is 1. The van der Waals surface area contributed by atoms with Gasteiger partial charge in [-0.15, -0.1) is 0 Å². The average molecular weight is 283 g/mol. The number of carbonyl (C=O) groups excluding carboxylic acids is 1. The Kier molecular flexibility index (Phi) is 4.42. The van der Waals surface area contributed by atoms with Crippen LogP contribution in [0.3, 0.4) is 0 Å². The van der Waals surface area contributed by atoms with E-state index in [2.05, 4.69) is 0 Å². The van der Waals surface area contributed by atoms with E-state index < -0.39 is 11.8 Å². The molecule has 0 radical (unpaired) electrons.